The van der Waals surface area contributed by atoms with Crippen molar-refractivity contribution in [2.24, 2.45) is 5.92 Å². The minimum Gasteiger partial charge on any atom is -0.493 e. The van der Waals surface area contributed by atoms with E-state index in [-0.39, 0.29) is 5.91 Å². The first-order chi connectivity index (χ1) is 15.0. The fraction of sp³-hybridized carbons (Fsp3) is 0.654. The molecule has 0 bridgehead atoms. The fourth-order valence-electron chi connectivity index (χ4n) is 3.31. The fourth-order valence-corrected chi connectivity index (χ4v) is 3.31. The third-order valence-corrected chi connectivity index (χ3v) is 5.28. The van der Waals surface area contributed by atoms with E-state index < -0.39 is 0 Å². The van der Waals surface area contributed by atoms with Gasteiger partial charge in [-0.05, 0) is 75.4 Å². The summed E-state index contributed by atoms with van der Waals surface area (Å²) in [5.74, 6) is 2.16. The summed E-state index contributed by atoms with van der Waals surface area (Å²) >= 11 is 0. The smallest absolute Gasteiger partial charge is 0.220 e. The van der Waals surface area contributed by atoms with Crippen LogP contribution in [0.3, 0.4) is 0 Å². The quantitative estimate of drug-likeness (QED) is 0.258. The summed E-state index contributed by atoms with van der Waals surface area (Å²) in [4.78, 5) is 14.5. The van der Waals surface area contributed by atoms with E-state index in [4.69, 9.17) is 9.47 Å². The number of methoxy groups -OCH3 is 1. The van der Waals surface area contributed by atoms with Gasteiger partial charge < -0.3 is 19.7 Å². The first-order valence-electron chi connectivity index (χ1n) is 12.0. The lowest BCUT2D eigenvalue weighted by Crippen LogP contribution is -2.24. The number of hydrogen-bond acceptors (Lipinski definition) is 4. The average Bonchev–Trinajstić information content (AvgIpc) is 2.77. The SMILES string of the molecule is CCN(CC)CCCCOc1ccc(CNC(=O)CCCC/C=C/C(C)C)cc1OC. The monoisotopic (exact) mass is 432 g/mol. The van der Waals surface area contributed by atoms with Crippen LogP contribution in [0.2, 0.25) is 0 Å². The Balaban J connectivity index is 2.32. The van der Waals surface area contributed by atoms with Gasteiger partial charge in [-0.25, -0.2) is 0 Å². The maximum Gasteiger partial charge on any atom is 0.220 e. The summed E-state index contributed by atoms with van der Waals surface area (Å²) < 4.78 is 11.4. The molecule has 0 fully saturated rings. The zero-order valence-corrected chi connectivity index (χ0v) is 20.4. The van der Waals surface area contributed by atoms with Gasteiger partial charge in [0.25, 0.3) is 0 Å². The molecule has 0 aliphatic heterocycles. The zero-order chi connectivity index (χ0) is 22.9. The average molecular weight is 433 g/mol. The number of allylic oxidation sites excluding steroid dienone is 2. The Morgan fingerprint density at radius 1 is 1.10 bits per heavy atom. The van der Waals surface area contributed by atoms with Gasteiger partial charge in [0.1, 0.15) is 0 Å². The summed E-state index contributed by atoms with van der Waals surface area (Å²) in [6.45, 7) is 13.2. The van der Waals surface area contributed by atoms with Crippen LogP contribution in [0.1, 0.15) is 71.8 Å². The lowest BCUT2D eigenvalue weighted by atomic mass is 10.1. The van der Waals surface area contributed by atoms with E-state index in [1.165, 1.54) is 0 Å². The molecule has 176 valence electrons. The highest BCUT2D eigenvalue weighted by Gasteiger charge is 2.08. The molecule has 0 saturated carbocycles. The normalized spacial score (nSPS) is 11.5. The van der Waals surface area contributed by atoms with Crippen molar-refractivity contribution >= 4 is 5.91 Å². The van der Waals surface area contributed by atoms with Gasteiger partial charge in [0.15, 0.2) is 11.5 Å². The van der Waals surface area contributed by atoms with Crippen LogP contribution >= 0.6 is 0 Å². The van der Waals surface area contributed by atoms with Gasteiger partial charge in [-0.2, -0.15) is 0 Å². The first-order valence-corrected chi connectivity index (χ1v) is 12.0. The summed E-state index contributed by atoms with van der Waals surface area (Å²) in [5.41, 5.74) is 1.01. The van der Waals surface area contributed by atoms with Gasteiger partial charge in [-0.3, -0.25) is 4.79 Å². The van der Waals surface area contributed by atoms with Gasteiger partial charge in [-0.1, -0.05) is 45.9 Å². The Hall–Kier alpha value is -2.01. The molecule has 0 saturated heterocycles. The second-order valence-electron chi connectivity index (χ2n) is 8.26. The maximum atomic E-state index is 12.1. The van der Waals surface area contributed by atoms with Crippen molar-refractivity contribution in [3.8, 4) is 11.5 Å². The molecule has 0 aliphatic carbocycles. The topological polar surface area (TPSA) is 50.8 Å². The van der Waals surface area contributed by atoms with E-state index in [0.29, 0.717) is 31.2 Å². The predicted octanol–water partition coefficient (Wildman–Crippen LogP) is 5.58. The molecule has 1 rings (SSSR count). The van der Waals surface area contributed by atoms with Crippen LogP contribution in [0.5, 0.6) is 11.5 Å². The molecule has 1 N–H and O–H groups in total. The van der Waals surface area contributed by atoms with Crippen LogP contribution in [-0.2, 0) is 11.3 Å². The van der Waals surface area contributed by atoms with E-state index in [9.17, 15) is 4.79 Å². The van der Waals surface area contributed by atoms with Crippen LogP contribution in [0, 0.1) is 5.92 Å². The second kappa shape index (κ2) is 16.7. The van der Waals surface area contributed by atoms with Crippen LogP contribution in [0.4, 0.5) is 0 Å². The Kier molecular flexibility index (Phi) is 14.5. The summed E-state index contributed by atoms with van der Waals surface area (Å²) in [5, 5.41) is 3.00. The number of ether oxygens (including phenoxy) is 2. The molecule has 0 aromatic heterocycles. The Labute approximate surface area is 190 Å². The lowest BCUT2D eigenvalue weighted by Gasteiger charge is -2.17. The van der Waals surface area contributed by atoms with Gasteiger partial charge in [-0.15, -0.1) is 0 Å². The van der Waals surface area contributed by atoms with Gasteiger partial charge in [0, 0.05) is 13.0 Å². The summed E-state index contributed by atoms with van der Waals surface area (Å²) in [6, 6.07) is 5.87. The van der Waals surface area contributed by atoms with E-state index >= 15 is 0 Å². The number of carbonyl (C=O) groups is 1. The molecule has 0 spiro atoms. The number of nitrogens with one attached hydrogen (secondary N) is 1. The third kappa shape index (κ3) is 12.4. The summed E-state index contributed by atoms with van der Waals surface area (Å²) in [6.07, 6.45) is 10.1. The third-order valence-electron chi connectivity index (χ3n) is 5.28. The van der Waals surface area contributed by atoms with Crippen LogP contribution in [0.25, 0.3) is 0 Å². The standard InChI is InChI=1S/C26H44N2O3/c1-6-28(7-2)18-12-13-19-31-24-17-16-23(20-25(24)30-5)21-27-26(29)15-11-9-8-10-14-22(3)4/h10,14,16-17,20,22H,6-9,11-13,15,18-19,21H2,1-5H3,(H,27,29)/b14-10+. The van der Waals surface area contributed by atoms with Crippen LogP contribution in [-0.4, -0.2) is 44.2 Å². The van der Waals surface area contributed by atoms with Crippen molar-refractivity contribution in [1.82, 2.24) is 10.2 Å². The Morgan fingerprint density at radius 3 is 2.55 bits per heavy atom. The highest BCUT2D eigenvalue weighted by atomic mass is 16.5. The van der Waals surface area contributed by atoms with E-state index in [1.54, 1.807) is 7.11 Å². The van der Waals surface area contributed by atoms with Crippen molar-refractivity contribution in [2.45, 2.75) is 72.8 Å². The molecule has 5 nitrogen and oxygen atoms in total. The highest BCUT2D eigenvalue weighted by molar-refractivity contribution is 5.75. The Morgan fingerprint density at radius 2 is 1.87 bits per heavy atom. The van der Waals surface area contributed by atoms with E-state index in [2.05, 4.69) is 50.1 Å². The molecule has 0 unspecified atom stereocenters. The minimum atomic E-state index is 0.0975. The van der Waals surface area contributed by atoms with Crippen molar-refractivity contribution in [1.29, 1.82) is 0 Å². The Bertz CT molecular complexity index is 640. The van der Waals surface area contributed by atoms with Crippen LogP contribution in [0.15, 0.2) is 30.4 Å². The van der Waals surface area contributed by atoms with Crippen molar-refractivity contribution in [2.75, 3.05) is 33.4 Å². The number of amides is 1. The molecule has 0 atom stereocenters. The number of rotatable bonds is 17. The molecule has 1 amide bonds. The number of benzene rings is 1. The molecule has 1 aromatic carbocycles. The molecule has 5 heteroatoms. The molecule has 31 heavy (non-hydrogen) atoms. The van der Waals surface area contributed by atoms with E-state index in [1.807, 2.05) is 18.2 Å². The van der Waals surface area contributed by atoms with Gasteiger partial charge in [0.05, 0.1) is 13.7 Å². The van der Waals surface area contributed by atoms with Crippen LogP contribution < -0.4 is 14.8 Å². The molecular formula is C26H44N2O3. The zero-order valence-electron chi connectivity index (χ0n) is 20.4. The molecule has 1 aromatic rings. The van der Waals surface area contributed by atoms with Crippen molar-refractivity contribution < 1.29 is 14.3 Å². The second-order valence-corrected chi connectivity index (χ2v) is 8.26. The maximum absolute atomic E-state index is 12.1. The van der Waals surface area contributed by atoms with Gasteiger partial charge >= 0.3 is 0 Å². The number of hydrogen-bond donors (Lipinski definition) is 1. The predicted molar refractivity (Wildman–Crippen MR) is 130 cm³/mol. The largest absolute Gasteiger partial charge is 0.493 e. The van der Waals surface area contributed by atoms with Crippen molar-refractivity contribution in [3.05, 3.63) is 35.9 Å². The number of nitrogens with zero attached hydrogens (tertiary/aromatic N) is 1. The minimum absolute atomic E-state index is 0.0975. The van der Waals surface area contributed by atoms with Crippen molar-refractivity contribution in [3.63, 3.8) is 0 Å². The van der Waals surface area contributed by atoms with E-state index in [0.717, 1.165) is 63.1 Å². The first kappa shape index (κ1) is 27.0. The number of carbonyl (C=O) groups excluding carboxylic acids is 1. The lowest BCUT2D eigenvalue weighted by molar-refractivity contribution is -0.121. The summed E-state index contributed by atoms with van der Waals surface area (Å²) in [7, 11) is 1.65. The molecular weight excluding hydrogens is 388 g/mol. The number of unbranched alkanes of at least 4 members (excludes halogenated alkanes) is 3. The molecule has 0 radical (unpaired) electrons. The van der Waals surface area contributed by atoms with Gasteiger partial charge in [0.2, 0.25) is 5.91 Å². The molecule has 0 heterocycles. The molecule has 0 aliphatic rings. The highest BCUT2D eigenvalue weighted by Crippen LogP contribution is 2.28.